The third-order valence-corrected chi connectivity index (χ3v) is 6.83. The number of carbonyl (C=O) groups excluding carboxylic acids is 2. The summed E-state index contributed by atoms with van der Waals surface area (Å²) in [5, 5.41) is 20.1. The van der Waals surface area contributed by atoms with Crippen molar-refractivity contribution in [1.82, 2.24) is 0 Å². The fourth-order valence-corrected chi connectivity index (χ4v) is 5.02. The molecule has 0 radical (unpaired) electrons. The maximum absolute atomic E-state index is 12.6. The SMILES string of the molecule is CCO[C@H]1O[C@H](CSC(=O)c2ccccc2)[C@@H](O)[C@H](O)[C@H]1SC(=O)c1ccccc1. The number of rotatable bonds is 7. The van der Waals surface area contributed by atoms with E-state index in [2.05, 4.69) is 0 Å². The molecule has 1 fully saturated rings. The maximum Gasteiger partial charge on any atom is 0.219 e. The van der Waals surface area contributed by atoms with Crippen LogP contribution in [-0.4, -0.2) is 62.7 Å². The van der Waals surface area contributed by atoms with Crippen LogP contribution in [0, 0.1) is 0 Å². The molecule has 0 amide bonds. The van der Waals surface area contributed by atoms with E-state index in [0.29, 0.717) is 17.7 Å². The molecule has 0 aromatic heterocycles. The second kappa shape index (κ2) is 11.1. The highest BCUT2D eigenvalue weighted by molar-refractivity contribution is 8.14. The van der Waals surface area contributed by atoms with Crippen LogP contribution in [-0.2, 0) is 9.47 Å². The van der Waals surface area contributed by atoms with Crippen LogP contribution in [0.15, 0.2) is 60.7 Å². The molecule has 5 atom stereocenters. The minimum atomic E-state index is -1.25. The normalized spacial score (nSPS) is 26.3. The smallest absolute Gasteiger partial charge is 0.219 e. The highest BCUT2D eigenvalue weighted by Gasteiger charge is 2.46. The maximum atomic E-state index is 12.6. The molecule has 8 heteroatoms. The van der Waals surface area contributed by atoms with Crippen molar-refractivity contribution in [3.8, 4) is 0 Å². The average Bonchev–Trinajstić information content (AvgIpc) is 2.78. The molecule has 160 valence electrons. The summed E-state index contributed by atoms with van der Waals surface area (Å²) in [6.07, 6.45) is -4.19. The summed E-state index contributed by atoms with van der Waals surface area (Å²) in [4.78, 5) is 24.9. The van der Waals surface area contributed by atoms with Crippen molar-refractivity contribution in [2.75, 3.05) is 12.4 Å². The van der Waals surface area contributed by atoms with Crippen LogP contribution in [0.4, 0.5) is 0 Å². The van der Waals surface area contributed by atoms with Gasteiger partial charge >= 0.3 is 0 Å². The summed E-state index contributed by atoms with van der Waals surface area (Å²) in [7, 11) is 0. The molecular weight excluding hydrogens is 424 g/mol. The Kier molecular flexibility index (Phi) is 8.50. The first-order valence-corrected chi connectivity index (χ1v) is 11.5. The number of aliphatic hydroxyl groups excluding tert-OH is 2. The molecule has 1 aliphatic heterocycles. The standard InChI is InChI=1S/C22H24O6S2/c1-2-27-22-19(30-21(26)15-11-7-4-8-12-15)18(24)17(23)16(28-22)13-29-20(25)14-9-5-3-6-10-14/h3-12,16-19,22-24H,2,13H2,1H3/t16-,17-,18+,19-,22+/m1/s1. The van der Waals surface area contributed by atoms with E-state index in [-0.39, 0.29) is 16.0 Å². The fourth-order valence-electron chi connectivity index (χ4n) is 3.05. The van der Waals surface area contributed by atoms with E-state index >= 15 is 0 Å². The first-order chi connectivity index (χ1) is 14.5. The topological polar surface area (TPSA) is 93.1 Å². The van der Waals surface area contributed by atoms with Crippen molar-refractivity contribution in [2.45, 2.75) is 36.8 Å². The number of hydrogen-bond acceptors (Lipinski definition) is 8. The minimum absolute atomic E-state index is 0.149. The van der Waals surface area contributed by atoms with Crippen LogP contribution < -0.4 is 0 Å². The Labute approximate surface area is 184 Å². The highest BCUT2D eigenvalue weighted by atomic mass is 32.2. The minimum Gasteiger partial charge on any atom is -0.389 e. The third kappa shape index (κ3) is 5.72. The summed E-state index contributed by atoms with van der Waals surface area (Å²) >= 11 is 1.89. The van der Waals surface area contributed by atoms with Crippen LogP contribution in [0.3, 0.4) is 0 Å². The number of thioether (sulfide) groups is 2. The first kappa shape index (κ1) is 23.0. The Bertz CT molecular complexity index is 830. The molecule has 1 saturated heterocycles. The van der Waals surface area contributed by atoms with E-state index in [1.807, 2.05) is 12.1 Å². The van der Waals surface area contributed by atoms with Gasteiger partial charge in [0.05, 0.1) is 17.5 Å². The molecule has 1 aliphatic rings. The summed E-state index contributed by atoms with van der Waals surface area (Å²) in [6.45, 7) is 2.09. The van der Waals surface area contributed by atoms with E-state index in [1.54, 1.807) is 55.5 Å². The van der Waals surface area contributed by atoms with Gasteiger partial charge in [0.25, 0.3) is 0 Å². The van der Waals surface area contributed by atoms with Crippen LogP contribution in [0.1, 0.15) is 27.6 Å². The molecule has 6 nitrogen and oxygen atoms in total. The quantitative estimate of drug-likeness (QED) is 0.668. The van der Waals surface area contributed by atoms with Gasteiger partial charge in [-0.05, 0) is 6.92 Å². The van der Waals surface area contributed by atoms with Gasteiger partial charge in [0.2, 0.25) is 10.2 Å². The lowest BCUT2D eigenvalue weighted by Gasteiger charge is -2.41. The summed E-state index contributed by atoms with van der Waals surface area (Å²) in [5.41, 5.74) is 1.04. The Balaban J connectivity index is 1.65. The van der Waals surface area contributed by atoms with Crippen LogP contribution in [0.2, 0.25) is 0 Å². The second-order valence-electron chi connectivity index (χ2n) is 6.68. The number of aliphatic hydroxyl groups is 2. The zero-order valence-corrected chi connectivity index (χ0v) is 18.1. The zero-order chi connectivity index (χ0) is 21.5. The monoisotopic (exact) mass is 448 g/mol. The fraction of sp³-hybridized carbons (Fsp3) is 0.364. The van der Waals surface area contributed by atoms with Crippen LogP contribution in [0.25, 0.3) is 0 Å². The van der Waals surface area contributed by atoms with Gasteiger partial charge in [0.15, 0.2) is 6.29 Å². The van der Waals surface area contributed by atoms with Crippen molar-refractivity contribution in [1.29, 1.82) is 0 Å². The molecule has 0 spiro atoms. The van der Waals surface area contributed by atoms with E-state index in [1.165, 1.54) is 0 Å². The molecule has 3 rings (SSSR count). The molecule has 1 heterocycles. The van der Waals surface area contributed by atoms with E-state index in [0.717, 1.165) is 23.5 Å². The van der Waals surface area contributed by atoms with Gasteiger partial charge in [-0.25, -0.2) is 0 Å². The van der Waals surface area contributed by atoms with Crippen LogP contribution in [0.5, 0.6) is 0 Å². The molecule has 0 bridgehead atoms. The van der Waals surface area contributed by atoms with Gasteiger partial charge in [0.1, 0.15) is 6.10 Å². The molecule has 2 aromatic rings. The van der Waals surface area contributed by atoms with Gasteiger partial charge in [-0.1, -0.05) is 84.2 Å². The van der Waals surface area contributed by atoms with E-state index in [9.17, 15) is 19.8 Å². The average molecular weight is 449 g/mol. The zero-order valence-electron chi connectivity index (χ0n) is 16.4. The molecule has 30 heavy (non-hydrogen) atoms. The molecule has 0 unspecified atom stereocenters. The Morgan fingerprint density at radius 1 is 0.933 bits per heavy atom. The van der Waals surface area contributed by atoms with Crippen LogP contribution >= 0.6 is 23.5 Å². The van der Waals surface area contributed by atoms with Crippen molar-refractivity contribution in [3.63, 3.8) is 0 Å². The Morgan fingerprint density at radius 2 is 1.50 bits per heavy atom. The Hall–Kier alpha value is -1.68. The van der Waals surface area contributed by atoms with Crippen molar-refractivity contribution < 1.29 is 29.3 Å². The van der Waals surface area contributed by atoms with Gasteiger partial charge in [0, 0.05) is 23.5 Å². The van der Waals surface area contributed by atoms with Crippen molar-refractivity contribution in [2.24, 2.45) is 0 Å². The van der Waals surface area contributed by atoms with Gasteiger partial charge in [-0.2, -0.15) is 0 Å². The van der Waals surface area contributed by atoms with Crippen molar-refractivity contribution in [3.05, 3.63) is 71.8 Å². The second-order valence-corrected chi connectivity index (χ2v) is 8.82. The number of carbonyl (C=O) groups is 2. The summed E-state index contributed by atoms with van der Waals surface area (Å²) < 4.78 is 11.5. The predicted molar refractivity (Wildman–Crippen MR) is 118 cm³/mol. The molecule has 0 saturated carbocycles. The molecule has 0 aliphatic carbocycles. The number of benzene rings is 2. The lowest BCUT2D eigenvalue weighted by atomic mass is 10.0. The van der Waals surface area contributed by atoms with Gasteiger partial charge < -0.3 is 19.7 Å². The lowest BCUT2D eigenvalue weighted by Crippen LogP contribution is -2.58. The van der Waals surface area contributed by atoms with E-state index in [4.69, 9.17) is 9.47 Å². The lowest BCUT2D eigenvalue weighted by molar-refractivity contribution is -0.238. The Morgan fingerprint density at radius 3 is 2.07 bits per heavy atom. The molecule has 2 N–H and O–H groups in total. The summed E-state index contributed by atoms with van der Waals surface area (Å²) in [5.74, 6) is 0.152. The number of hydrogen-bond donors (Lipinski definition) is 2. The first-order valence-electron chi connectivity index (χ1n) is 9.62. The van der Waals surface area contributed by atoms with E-state index < -0.39 is 29.9 Å². The third-order valence-electron chi connectivity index (χ3n) is 4.62. The van der Waals surface area contributed by atoms with Gasteiger partial charge in [-0.3, -0.25) is 9.59 Å². The molecule has 2 aromatic carbocycles. The van der Waals surface area contributed by atoms with Gasteiger partial charge in [-0.15, -0.1) is 0 Å². The molecular formula is C22H24O6S2. The summed E-state index contributed by atoms with van der Waals surface area (Å²) in [6, 6.07) is 17.5. The predicted octanol–water partition coefficient (Wildman–Crippen LogP) is 2.99. The van der Waals surface area contributed by atoms with Crippen molar-refractivity contribution >= 4 is 33.8 Å². The largest absolute Gasteiger partial charge is 0.389 e. The number of ether oxygens (including phenoxy) is 2. The highest BCUT2D eigenvalue weighted by Crippen LogP contribution is 2.34.